The SMILES string of the molecule is C=C[C@H](OC)[C@@H]1CC[C@H]1CN1C[C@@]2(CCCc3cc(Cl)ccc32)COc2ccc(C(=O)N=S(=O)(C[C@@H](C)C/C=C/C)NC(=O)c3cn(C)nc3OC)cc21. The number of allylic oxidation sites excluding steroid dienone is 2. The largest absolute Gasteiger partial charge is 0.490 e. The second kappa shape index (κ2) is 16.7. The third-order valence-corrected chi connectivity index (χ3v) is 13.4. The molecule has 0 bridgehead atoms. The van der Waals surface area contributed by atoms with Gasteiger partial charge in [0, 0.05) is 49.4 Å². The zero-order valence-corrected chi connectivity index (χ0v) is 33.5. The Morgan fingerprint density at radius 2 is 2.06 bits per heavy atom. The fourth-order valence-electron chi connectivity index (χ4n) is 8.31. The van der Waals surface area contributed by atoms with E-state index in [4.69, 9.17) is 25.8 Å². The Morgan fingerprint density at radius 1 is 1.24 bits per heavy atom. The van der Waals surface area contributed by atoms with Crippen molar-refractivity contribution in [3.8, 4) is 11.6 Å². The number of hydrogen-bond donors (Lipinski definition) is 1. The van der Waals surface area contributed by atoms with Crippen LogP contribution in [0.2, 0.25) is 5.02 Å². The lowest BCUT2D eigenvalue weighted by Gasteiger charge is -2.46. The van der Waals surface area contributed by atoms with Crippen LogP contribution in [0.4, 0.5) is 5.69 Å². The fourth-order valence-corrected chi connectivity index (χ4v) is 10.4. The van der Waals surface area contributed by atoms with Crippen molar-refractivity contribution < 1.29 is 28.0 Å². The van der Waals surface area contributed by atoms with Crippen LogP contribution in [0.5, 0.6) is 11.6 Å². The number of ether oxygens (including phenoxy) is 3. The standard InChI is InChI=1S/C41H52ClN5O6S/c1-7-9-11-27(3)24-54(50,45-39(49)33-23-46(4)43-40(33)52-6)44-38(48)29-14-18-37-35(21-29)47(22-30-13-16-32(30)36(8-2)51-5)25-41(26-53-37)19-10-12-28-20-31(42)15-17-34(28)41/h7-9,14-15,17-18,20-21,23,27,30,32,36H,2,10-13,16,19,22,24-26H2,1,3-6H3,(H,44,45,48,49,50)/b9-7+/t27-,30-,32+,36-,41-,54?/m0/s1. The number of nitrogens with one attached hydrogen (secondary N) is 1. The summed E-state index contributed by atoms with van der Waals surface area (Å²) in [5, 5.41) is 4.87. The van der Waals surface area contributed by atoms with Crippen LogP contribution in [-0.4, -0.2) is 71.6 Å². The van der Waals surface area contributed by atoms with E-state index in [1.165, 1.54) is 29.1 Å². The van der Waals surface area contributed by atoms with Gasteiger partial charge in [-0.15, -0.1) is 16.0 Å². The Labute approximate surface area is 324 Å². The summed E-state index contributed by atoms with van der Waals surface area (Å²) in [6, 6.07) is 11.5. The van der Waals surface area contributed by atoms with E-state index in [2.05, 4.69) is 37.8 Å². The molecular weight excluding hydrogens is 726 g/mol. The Bertz CT molecular complexity index is 2040. The number of fused-ring (bicyclic) bond motifs is 3. The Balaban J connectivity index is 1.37. The van der Waals surface area contributed by atoms with E-state index in [9.17, 15) is 13.8 Å². The first kappa shape index (κ1) is 39.6. The Kier molecular flexibility index (Phi) is 12.2. The van der Waals surface area contributed by atoms with Crippen molar-refractivity contribution in [2.24, 2.45) is 29.2 Å². The molecule has 11 nitrogen and oxygen atoms in total. The second-order valence-corrected chi connectivity index (χ2v) is 17.4. The van der Waals surface area contributed by atoms with Gasteiger partial charge in [0.05, 0.1) is 31.3 Å². The third-order valence-electron chi connectivity index (χ3n) is 11.1. The first-order valence-electron chi connectivity index (χ1n) is 18.7. The zero-order valence-electron chi connectivity index (χ0n) is 31.9. The lowest BCUT2D eigenvalue weighted by atomic mass is 9.68. The molecular formula is C41H52ClN5O6S. The minimum absolute atomic E-state index is 0.0312. The van der Waals surface area contributed by atoms with E-state index in [1.807, 2.05) is 44.2 Å². The predicted octanol–water partition coefficient (Wildman–Crippen LogP) is 7.34. The van der Waals surface area contributed by atoms with Crippen LogP contribution in [0.25, 0.3) is 0 Å². The number of anilines is 1. The molecule has 1 aromatic heterocycles. The summed E-state index contributed by atoms with van der Waals surface area (Å²) in [5.74, 6) is -0.149. The molecule has 6 rings (SSSR count). The quantitative estimate of drug-likeness (QED) is 0.179. The van der Waals surface area contributed by atoms with Gasteiger partial charge in [0.1, 0.15) is 21.2 Å². The molecule has 2 aliphatic carbocycles. The monoisotopic (exact) mass is 777 g/mol. The van der Waals surface area contributed by atoms with Gasteiger partial charge in [0.25, 0.3) is 11.8 Å². The maximum atomic E-state index is 14.6. The molecule has 1 aliphatic heterocycles. The lowest BCUT2D eigenvalue weighted by molar-refractivity contribution is 0.0135. The normalized spacial score (nSPS) is 22.8. The number of methoxy groups -OCH3 is 2. The average molecular weight is 778 g/mol. The molecule has 54 heavy (non-hydrogen) atoms. The highest BCUT2D eigenvalue weighted by molar-refractivity contribution is 7.92. The van der Waals surface area contributed by atoms with Crippen LogP contribution in [-0.2, 0) is 33.5 Å². The number of carbonyl (C=O) groups excluding carboxylic acids is 2. The van der Waals surface area contributed by atoms with Gasteiger partial charge in [-0.25, -0.2) is 4.21 Å². The number of rotatable bonds is 13. The van der Waals surface area contributed by atoms with Gasteiger partial charge in [-0.2, -0.15) is 0 Å². The van der Waals surface area contributed by atoms with Gasteiger partial charge in [0.15, 0.2) is 0 Å². The molecule has 1 spiro atoms. The molecule has 1 N–H and O–H groups in total. The number of hydrogen-bond acceptors (Lipinski definition) is 8. The molecule has 1 unspecified atom stereocenters. The van der Waals surface area contributed by atoms with Crippen molar-refractivity contribution in [2.75, 3.05) is 44.6 Å². The summed E-state index contributed by atoms with van der Waals surface area (Å²) in [6.07, 6.45) is 12.8. The molecule has 13 heteroatoms. The van der Waals surface area contributed by atoms with Crippen LogP contribution in [0, 0.1) is 17.8 Å². The van der Waals surface area contributed by atoms with Crippen LogP contribution in [0.15, 0.2) is 71.8 Å². The minimum Gasteiger partial charge on any atom is -0.490 e. The number of nitrogens with zero attached hydrogens (tertiary/aromatic N) is 4. The molecule has 2 amide bonds. The van der Waals surface area contributed by atoms with Crippen molar-refractivity contribution in [2.45, 2.75) is 63.9 Å². The van der Waals surface area contributed by atoms with Crippen LogP contribution in [0.1, 0.15) is 77.8 Å². The van der Waals surface area contributed by atoms with E-state index < -0.39 is 21.7 Å². The molecule has 2 aromatic carbocycles. The molecule has 6 atom stereocenters. The molecule has 1 saturated carbocycles. The van der Waals surface area contributed by atoms with E-state index >= 15 is 0 Å². The van der Waals surface area contributed by atoms with E-state index in [0.29, 0.717) is 37.2 Å². The van der Waals surface area contributed by atoms with Crippen molar-refractivity contribution in [3.63, 3.8) is 0 Å². The maximum Gasteiger partial charge on any atom is 0.286 e. The highest BCUT2D eigenvalue weighted by atomic mass is 35.5. The zero-order chi connectivity index (χ0) is 38.6. The molecule has 290 valence electrons. The van der Waals surface area contributed by atoms with Crippen molar-refractivity contribution in [3.05, 3.63) is 94.7 Å². The van der Waals surface area contributed by atoms with Crippen LogP contribution >= 0.6 is 11.6 Å². The molecule has 0 radical (unpaired) electrons. The van der Waals surface area contributed by atoms with Gasteiger partial charge in [-0.1, -0.05) is 42.8 Å². The highest BCUT2D eigenvalue weighted by Gasteiger charge is 2.44. The van der Waals surface area contributed by atoms with E-state index in [0.717, 1.165) is 49.4 Å². The van der Waals surface area contributed by atoms with E-state index in [1.54, 1.807) is 26.3 Å². The predicted molar refractivity (Wildman–Crippen MR) is 213 cm³/mol. The summed E-state index contributed by atoms with van der Waals surface area (Å²) in [5.41, 5.74) is 3.33. The fraction of sp³-hybridized carbons (Fsp3) is 0.488. The first-order valence-corrected chi connectivity index (χ1v) is 20.7. The van der Waals surface area contributed by atoms with Crippen LogP contribution < -0.4 is 19.1 Å². The van der Waals surface area contributed by atoms with Gasteiger partial charge in [0.2, 0.25) is 5.88 Å². The van der Waals surface area contributed by atoms with Gasteiger partial charge in [-0.05, 0) is 105 Å². The highest BCUT2D eigenvalue weighted by Crippen LogP contribution is 2.47. The average Bonchev–Trinajstić information content (AvgIpc) is 3.46. The van der Waals surface area contributed by atoms with Crippen molar-refractivity contribution in [1.29, 1.82) is 0 Å². The summed E-state index contributed by atoms with van der Waals surface area (Å²) >= 11 is 6.46. The minimum atomic E-state index is -3.60. The molecule has 3 aliphatic rings. The van der Waals surface area contributed by atoms with Crippen molar-refractivity contribution in [1.82, 2.24) is 14.5 Å². The lowest BCUT2D eigenvalue weighted by Crippen LogP contribution is -2.49. The van der Waals surface area contributed by atoms with Gasteiger partial charge >= 0.3 is 0 Å². The van der Waals surface area contributed by atoms with Crippen LogP contribution in [0.3, 0.4) is 0 Å². The summed E-state index contributed by atoms with van der Waals surface area (Å²) in [4.78, 5) is 30.0. The van der Waals surface area contributed by atoms with E-state index in [-0.39, 0.29) is 40.2 Å². The smallest absolute Gasteiger partial charge is 0.286 e. The summed E-state index contributed by atoms with van der Waals surface area (Å²) in [7, 11) is 1.19. The number of aryl methyl sites for hydroxylation is 2. The Morgan fingerprint density at radius 3 is 2.76 bits per heavy atom. The number of carbonyl (C=O) groups is 2. The maximum absolute atomic E-state index is 14.6. The number of halogens is 1. The number of aromatic nitrogens is 2. The Hall–Kier alpha value is -4.13. The molecule has 3 aromatic rings. The summed E-state index contributed by atoms with van der Waals surface area (Å²) in [6.45, 7) is 9.74. The van der Waals surface area contributed by atoms with Crippen molar-refractivity contribution >= 4 is 39.0 Å². The topological polar surface area (TPSA) is 124 Å². The first-order chi connectivity index (χ1) is 25.9. The number of benzene rings is 2. The number of amides is 2. The summed E-state index contributed by atoms with van der Waals surface area (Å²) < 4.78 is 40.6. The van der Waals surface area contributed by atoms with Gasteiger partial charge < -0.3 is 19.1 Å². The molecule has 1 fully saturated rings. The second-order valence-electron chi connectivity index (χ2n) is 15.0. The van der Waals surface area contributed by atoms with Gasteiger partial charge in [-0.3, -0.25) is 19.0 Å². The third kappa shape index (κ3) is 8.40. The molecule has 0 saturated heterocycles. The molecule has 2 heterocycles.